The summed E-state index contributed by atoms with van der Waals surface area (Å²) in [6.07, 6.45) is 3.78. The zero-order chi connectivity index (χ0) is 14.8. The number of nitrogens with zero attached hydrogens (tertiary/aromatic N) is 1. The largest absolute Gasteiger partial charge is 0.354 e. The van der Waals surface area contributed by atoms with E-state index in [1.54, 1.807) is 12.3 Å². The molecule has 1 amide bonds. The van der Waals surface area contributed by atoms with E-state index in [2.05, 4.69) is 31.5 Å². The number of nitrogens with one attached hydrogen (secondary N) is 2. The lowest BCUT2D eigenvalue weighted by Crippen LogP contribution is -2.26. The van der Waals surface area contributed by atoms with Crippen molar-refractivity contribution in [2.45, 2.75) is 25.8 Å². The van der Waals surface area contributed by atoms with Gasteiger partial charge < -0.3 is 10.6 Å². The number of halogens is 1. The summed E-state index contributed by atoms with van der Waals surface area (Å²) in [7, 11) is 0. The van der Waals surface area contributed by atoms with E-state index in [1.807, 2.05) is 31.2 Å². The Labute approximate surface area is 132 Å². The molecule has 3 rings (SSSR count). The van der Waals surface area contributed by atoms with Gasteiger partial charge in [0.15, 0.2) is 0 Å². The number of rotatable bonds is 4. The van der Waals surface area contributed by atoms with Gasteiger partial charge in [-0.15, -0.1) is 0 Å². The van der Waals surface area contributed by atoms with Gasteiger partial charge in [0.1, 0.15) is 5.69 Å². The van der Waals surface area contributed by atoms with E-state index in [4.69, 9.17) is 0 Å². The molecule has 0 atom stereocenters. The van der Waals surface area contributed by atoms with Crippen molar-refractivity contribution in [3.8, 4) is 0 Å². The molecule has 1 fully saturated rings. The second kappa shape index (κ2) is 5.85. The summed E-state index contributed by atoms with van der Waals surface area (Å²) in [5, 5.41) is 6.24. The summed E-state index contributed by atoms with van der Waals surface area (Å²) in [6.45, 7) is 2.04. The lowest BCUT2D eigenvalue weighted by atomic mass is 10.2. The SMILES string of the molecule is Cc1ccc(Nc2ccnc(C(=O)NC3CC3)c2)c(Br)c1. The van der Waals surface area contributed by atoms with Crippen LogP contribution in [0.1, 0.15) is 28.9 Å². The van der Waals surface area contributed by atoms with E-state index in [0.717, 1.165) is 28.7 Å². The molecule has 1 heterocycles. The normalized spacial score (nSPS) is 13.8. The zero-order valence-corrected chi connectivity index (χ0v) is 13.3. The van der Waals surface area contributed by atoms with Crippen LogP contribution in [0.25, 0.3) is 0 Å². The molecule has 0 spiro atoms. The minimum atomic E-state index is -0.107. The number of aryl methyl sites for hydroxylation is 1. The number of aromatic nitrogens is 1. The number of pyridine rings is 1. The minimum Gasteiger partial charge on any atom is -0.354 e. The van der Waals surface area contributed by atoms with E-state index >= 15 is 0 Å². The Bertz CT molecular complexity index is 683. The first-order chi connectivity index (χ1) is 10.1. The molecule has 0 aliphatic heterocycles. The van der Waals surface area contributed by atoms with Gasteiger partial charge in [-0.05, 0) is 65.5 Å². The van der Waals surface area contributed by atoms with Gasteiger partial charge in [-0.1, -0.05) is 6.07 Å². The molecule has 0 bridgehead atoms. The van der Waals surface area contributed by atoms with E-state index in [1.165, 1.54) is 5.56 Å². The van der Waals surface area contributed by atoms with E-state index in [-0.39, 0.29) is 5.91 Å². The van der Waals surface area contributed by atoms with Gasteiger partial charge in [0.25, 0.3) is 5.91 Å². The Hall–Kier alpha value is -1.88. The predicted molar refractivity (Wildman–Crippen MR) is 86.9 cm³/mol. The van der Waals surface area contributed by atoms with Gasteiger partial charge in [-0.25, -0.2) is 0 Å². The van der Waals surface area contributed by atoms with Crippen LogP contribution in [0.3, 0.4) is 0 Å². The highest BCUT2D eigenvalue weighted by atomic mass is 79.9. The Morgan fingerprint density at radius 1 is 1.29 bits per heavy atom. The van der Waals surface area contributed by atoms with Crippen molar-refractivity contribution >= 4 is 33.2 Å². The van der Waals surface area contributed by atoms with Gasteiger partial charge >= 0.3 is 0 Å². The highest BCUT2D eigenvalue weighted by molar-refractivity contribution is 9.10. The number of carbonyl (C=O) groups excluding carboxylic acids is 1. The number of anilines is 2. The molecule has 1 aromatic heterocycles. The van der Waals surface area contributed by atoms with Crippen LogP contribution >= 0.6 is 15.9 Å². The van der Waals surface area contributed by atoms with Gasteiger partial charge in [0.2, 0.25) is 0 Å². The molecule has 1 aliphatic rings. The second-order valence-electron chi connectivity index (χ2n) is 5.29. The molecule has 21 heavy (non-hydrogen) atoms. The number of hydrogen-bond acceptors (Lipinski definition) is 3. The summed E-state index contributed by atoms with van der Waals surface area (Å²) in [6, 6.07) is 10.0. The summed E-state index contributed by atoms with van der Waals surface area (Å²) in [5.41, 5.74) is 3.43. The smallest absolute Gasteiger partial charge is 0.270 e. The molecular formula is C16H16BrN3O. The summed E-state index contributed by atoms with van der Waals surface area (Å²) in [5.74, 6) is -0.107. The van der Waals surface area contributed by atoms with Crippen molar-refractivity contribution in [2.75, 3.05) is 5.32 Å². The summed E-state index contributed by atoms with van der Waals surface area (Å²) >= 11 is 3.54. The fraction of sp³-hybridized carbons (Fsp3) is 0.250. The van der Waals surface area contributed by atoms with Crippen molar-refractivity contribution in [3.63, 3.8) is 0 Å². The Morgan fingerprint density at radius 3 is 2.81 bits per heavy atom. The van der Waals surface area contributed by atoms with E-state index in [0.29, 0.717) is 11.7 Å². The van der Waals surface area contributed by atoms with Gasteiger partial charge in [0, 0.05) is 22.4 Å². The van der Waals surface area contributed by atoms with Crippen LogP contribution in [0.15, 0.2) is 41.0 Å². The van der Waals surface area contributed by atoms with Crippen molar-refractivity contribution < 1.29 is 4.79 Å². The van der Waals surface area contributed by atoms with E-state index in [9.17, 15) is 4.79 Å². The maximum Gasteiger partial charge on any atom is 0.270 e. The van der Waals surface area contributed by atoms with E-state index < -0.39 is 0 Å². The second-order valence-corrected chi connectivity index (χ2v) is 6.14. The molecule has 108 valence electrons. The van der Waals surface area contributed by atoms with Crippen LogP contribution in [0, 0.1) is 6.92 Å². The number of hydrogen-bond donors (Lipinski definition) is 2. The van der Waals surface area contributed by atoms with Gasteiger partial charge in [-0.3, -0.25) is 9.78 Å². The monoisotopic (exact) mass is 345 g/mol. The lowest BCUT2D eigenvalue weighted by molar-refractivity contribution is 0.0946. The third kappa shape index (κ3) is 3.61. The first kappa shape index (κ1) is 14.1. The molecule has 1 aliphatic carbocycles. The highest BCUT2D eigenvalue weighted by Gasteiger charge is 2.24. The van der Waals surface area contributed by atoms with Crippen LogP contribution < -0.4 is 10.6 Å². The quantitative estimate of drug-likeness (QED) is 0.886. The van der Waals surface area contributed by atoms with Crippen LogP contribution in [-0.4, -0.2) is 16.9 Å². The molecule has 2 aromatic rings. The Morgan fingerprint density at radius 2 is 2.10 bits per heavy atom. The van der Waals surface area contributed by atoms with Crippen LogP contribution in [0.5, 0.6) is 0 Å². The molecule has 4 nitrogen and oxygen atoms in total. The van der Waals surface area contributed by atoms with Crippen molar-refractivity contribution in [1.29, 1.82) is 0 Å². The molecule has 0 radical (unpaired) electrons. The molecule has 5 heteroatoms. The first-order valence-electron chi connectivity index (χ1n) is 6.92. The molecule has 1 saturated carbocycles. The van der Waals surface area contributed by atoms with Crippen LogP contribution in [-0.2, 0) is 0 Å². The maximum atomic E-state index is 12.0. The molecule has 1 aromatic carbocycles. The fourth-order valence-corrected chi connectivity index (χ4v) is 2.59. The third-order valence-corrected chi connectivity index (χ3v) is 3.96. The van der Waals surface area contributed by atoms with Gasteiger partial charge in [0.05, 0.1) is 5.69 Å². The Balaban J connectivity index is 1.77. The highest BCUT2D eigenvalue weighted by Crippen LogP contribution is 2.27. The lowest BCUT2D eigenvalue weighted by Gasteiger charge is -2.10. The summed E-state index contributed by atoms with van der Waals surface area (Å²) in [4.78, 5) is 16.1. The topological polar surface area (TPSA) is 54.0 Å². The predicted octanol–water partition coefficient (Wildman–Crippen LogP) is 3.79. The third-order valence-electron chi connectivity index (χ3n) is 3.31. The zero-order valence-electron chi connectivity index (χ0n) is 11.7. The average Bonchev–Trinajstić information content (AvgIpc) is 3.26. The average molecular weight is 346 g/mol. The van der Waals surface area contributed by atoms with Crippen LogP contribution in [0.2, 0.25) is 0 Å². The fourth-order valence-electron chi connectivity index (χ4n) is 2.00. The molecule has 2 N–H and O–H groups in total. The number of benzene rings is 1. The Kier molecular flexibility index (Phi) is 3.92. The minimum absolute atomic E-state index is 0.107. The molecule has 0 unspecified atom stereocenters. The maximum absolute atomic E-state index is 12.0. The van der Waals surface area contributed by atoms with Crippen molar-refractivity contribution in [2.24, 2.45) is 0 Å². The summed E-state index contributed by atoms with van der Waals surface area (Å²) < 4.78 is 0.989. The van der Waals surface area contributed by atoms with Crippen molar-refractivity contribution in [1.82, 2.24) is 10.3 Å². The number of carbonyl (C=O) groups is 1. The van der Waals surface area contributed by atoms with Gasteiger partial charge in [-0.2, -0.15) is 0 Å². The molecule has 0 saturated heterocycles. The van der Waals surface area contributed by atoms with Crippen molar-refractivity contribution in [3.05, 3.63) is 52.3 Å². The number of amides is 1. The standard InChI is InChI=1S/C16H16BrN3O/c1-10-2-5-14(13(17)8-10)19-12-6-7-18-15(9-12)16(21)20-11-3-4-11/h2,5-9,11H,3-4H2,1H3,(H,18,19)(H,20,21). The first-order valence-corrected chi connectivity index (χ1v) is 7.71. The molecular weight excluding hydrogens is 330 g/mol. The van der Waals surface area contributed by atoms with Crippen LogP contribution in [0.4, 0.5) is 11.4 Å².